The predicted octanol–water partition coefficient (Wildman–Crippen LogP) is 3.00. The Balaban J connectivity index is 1.91. The Kier molecular flexibility index (Phi) is 4.21. The minimum atomic E-state index is 0.604. The maximum atomic E-state index is 4.16. The van der Waals surface area contributed by atoms with Crippen molar-refractivity contribution in [3.05, 3.63) is 18.7 Å². The molecule has 0 bridgehead atoms. The summed E-state index contributed by atoms with van der Waals surface area (Å²) < 4.78 is 2.27. The van der Waals surface area contributed by atoms with Gasteiger partial charge < -0.3 is 9.88 Å². The van der Waals surface area contributed by atoms with Crippen molar-refractivity contribution in [1.82, 2.24) is 14.9 Å². The van der Waals surface area contributed by atoms with E-state index in [1.165, 1.54) is 25.7 Å². The van der Waals surface area contributed by atoms with Crippen molar-refractivity contribution in [1.29, 1.82) is 0 Å². The maximum absolute atomic E-state index is 4.16. The largest absolute Gasteiger partial charge is 0.333 e. The van der Waals surface area contributed by atoms with Crippen LogP contribution in [0.4, 0.5) is 0 Å². The van der Waals surface area contributed by atoms with Gasteiger partial charge in [0.15, 0.2) is 0 Å². The molecule has 2 rings (SSSR count). The molecule has 3 heteroatoms. The van der Waals surface area contributed by atoms with Gasteiger partial charge in [0.05, 0.1) is 6.33 Å². The van der Waals surface area contributed by atoms with E-state index in [2.05, 4.69) is 41.8 Å². The second-order valence-electron chi connectivity index (χ2n) is 5.81. The molecular weight excluding hydrogens is 210 g/mol. The average molecular weight is 235 g/mol. The molecule has 3 atom stereocenters. The molecule has 17 heavy (non-hydrogen) atoms. The summed E-state index contributed by atoms with van der Waals surface area (Å²) in [6, 6.07) is 1.84. The van der Waals surface area contributed by atoms with E-state index in [1.807, 2.05) is 12.5 Å². The molecule has 0 radical (unpaired) electrons. The number of aromatic nitrogens is 2. The Morgan fingerprint density at radius 1 is 1.35 bits per heavy atom. The van der Waals surface area contributed by atoms with Crippen molar-refractivity contribution < 1.29 is 0 Å². The highest BCUT2D eigenvalue weighted by atomic mass is 15.1. The number of nitrogens with zero attached hydrogens (tertiary/aromatic N) is 2. The topological polar surface area (TPSA) is 29.9 Å². The second-order valence-corrected chi connectivity index (χ2v) is 5.81. The first kappa shape index (κ1) is 12.6. The molecule has 1 fully saturated rings. The van der Waals surface area contributed by atoms with Gasteiger partial charge in [0.25, 0.3) is 0 Å². The summed E-state index contributed by atoms with van der Waals surface area (Å²) in [5.41, 5.74) is 0. The highest BCUT2D eigenvalue weighted by Crippen LogP contribution is 2.30. The molecule has 3 nitrogen and oxygen atoms in total. The number of rotatable bonds is 5. The normalized spacial score (nSPS) is 26.6. The lowest BCUT2D eigenvalue weighted by Gasteiger charge is -2.26. The average Bonchev–Trinajstić information content (AvgIpc) is 2.84. The fourth-order valence-corrected chi connectivity index (χ4v) is 3.10. The van der Waals surface area contributed by atoms with Crippen molar-refractivity contribution >= 4 is 0 Å². The van der Waals surface area contributed by atoms with Crippen molar-refractivity contribution in [3.63, 3.8) is 0 Å². The number of hydrogen-bond donors (Lipinski definition) is 1. The van der Waals surface area contributed by atoms with E-state index in [1.54, 1.807) is 0 Å². The van der Waals surface area contributed by atoms with E-state index in [9.17, 15) is 0 Å². The number of hydrogen-bond acceptors (Lipinski definition) is 2. The van der Waals surface area contributed by atoms with Crippen LogP contribution >= 0.6 is 0 Å². The van der Waals surface area contributed by atoms with E-state index in [-0.39, 0.29) is 0 Å². The molecule has 0 aromatic carbocycles. The van der Waals surface area contributed by atoms with E-state index in [0.29, 0.717) is 18.1 Å². The Morgan fingerprint density at radius 3 is 2.82 bits per heavy atom. The van der Waals surface area contributed by atoms with Crippen LogP contribution in [0.15, 0.2) is 18.7 Å². The lowest BCUT2D eigenvalue weighted by molar-refractivity contribution is 0.333. The van der Waals surface area contributed by atoms with Crippen LogP contribution in [0, 0.1) is 5.92 Å². The van der Waals surface area contributed by atoms with Gasteiger partial charge in [0.2, 0.25) is 0 Å². The maximum Gasteiger partial charge on any atom is 0.0949 e. The molecule has 1 aromatic heterocycles. The minimum Gasteiger partial charge on any atom is -0.333 e. The zero-order valence-corrected chi connectivity index (χ0v) is 11.3. The van der Waals surface area contributed by atoms with Gasteiger partial charge >= 0.3 is 0 Å². The van der Waals surface area contributed by atoms with Crippen LogP contribution in [-0.2, 0) is 0 Å². The zero-order chi connectivity index (χ0) is 12.3. The number of nitrogens with one attached hydrogen (secondary N) is 1. The molecule has 1 aliphatic carbocycles. The van der Waals surface area contributed by atoms with Crippen LogP contribution in [0.1, 0.15) is 52.5 Å². The molecule has 1 N–H and O–H groups in total. The van der Waals surface area contributed by atoms with Gasteiger partial charge in [0, 0.05) is 30.5 Å². The second kappa shape index (κ2) is 5.67. The smallest absolute Gasteiger partial charge is 0.0949 e. The first-order valence-corrected chi connectivity index (χ1v) is 6.90. The monoisotopic (exact) mass is 235 g/mol. The van der Waals surface area contributed by atoms with Crippen LogP contribution in [0.25, 0.3) is 0 Å². The highest BCUT2D eigenvalue weighted by Gasteiger charge is 2.29. The van der Waals surface area contributed by atoms with Crippen LogP contribution in [0.5, 0.6) is 0 Å². The van der Waals surface area contributed by atoms with Gasteiger partial charge in [-0.3, -0.25) is 0 Å². The van der Waals surface area contributed by atoms with Gasteiger partial charge in [-0.2, -0.15) is 0 Å². The number of imidazole rings is 1. The van der Waals surface area contributed by atoms with Crippen LogP contribution in [0.3, 0.4) is 0 Å². The molecule has 0 amide bonds. The van der Waals surface area contributed by atoms with Crippen LogP contribution < -0.4 is 5.32 Å². The van der Waals surface area contributed by atoms with Crippen molar-refractivity contribution in [2.24, 2.45) is 5.92 Å². The van der Waals surface area contributed by atoms with E-state index >= 15 is 0 Å². The molecule has 1 heterocycles. The molecule has 0 saturated heterocycles. The van der Waals surface area contributed by atoms with Gasteiger partial charge in [-0.25, -0.2) is 4.98 Å². The third-order valence-corrected chi connectivity index (χ3v) is 3.71. The van der Waals surface area contributed by atoms with Gasteiger partial charge in [-0.15, -0.1) is 0 Å². The van der Waals surface area contributed by atoms with E-state index in [4.69, 9.17) is 0 Å². The highest BCUT2D eigenvalue weighted by molar-refractivity contribution is 4.92. The molecule has 0 spiro atoms. The fraction of sp³-hybridized carbons (Fsp3) is 0.786. The van der Waals surface area contributed by atoms with Gasteiger partial charge in [-0.05, 0) is 38.5 Å². The van der Waals surface area contributed by atoms with Crippen molar-refractivity contribution in [2.75, 3.05) is 0 Å². The van der Waals surface area contributed by atoms with Crippen LogP contribution in [-0.4, -0.2) is 21.6 Å². The summed E-state index contributed by atoms with van der Waals surface area (Å²) in [6.07, 6.45) is 11.1. The van der Waals surface area contributed by atoms with Gasteiger partial charge in [-0.1, -0.05) is 13.8 Å². The van der Waals surface area contributed by atoms with E-state index in [0.717, 1.165) is 5.92 Å². The quantitative estimate of drug-likeness (QED) is 0.850. The molecule has 1 aliphatic rings. The van der Waals surface area contributed by atoms with Crippen molar-refractivity contribution in [3.8, 4) is 0 Å². The summed E-state index contributed by atoms with van der Waals surface area (Å²) in [6.45, 7) is 6.89. The first-order valence-electron chi connectivity index (χ1n) is 6.90. The molecule has 0 aliphatic heterocycles. The summed E-state index contributed by atoms with van der Waals surface area (Å²) >= 11 is 0. The molecular formula is C14H25N3. The SMILES string of the molecule is CC(C)CC(C)NC1CCCC1n1ccnc1. The zero-order valence-electron chi connectivity index (χ0n) is 11.3. The standard InChI is InChI=1S/C14H25N3/c1-11(2)9-12(3)16-13-5-4-6-14(13)17-8-7-15-10-17/h7-8,10-14,16H,4-6,9H2,1-3H3. The lowest BCUT2D eigenvalue weighted by atomic mass is 10.0. The minimum absolute atomic E-state index is 0.604. The Bertz CT molecular complexity index is 318. The Morgan fingerprint density at radius 2 is 2.18 bits per heavy atom. The lowest BCUT2D eigenvalue weighted by Crippen LogP contribution is -2.40. The summed E-state index contributed by atoms with van der Waals surface area (Å²) in [5.74, 6) is 0.769. The fourth-order valence-electron chi connectivity index (χ4n) is 3.10. The Labute approximate surface area is 105 Å². The van der Waals surface area contributed by atoms with Crippen molar-refractivity contribution in [2.45, 2.75) is 64.6 Å². The Hall–Kier alpha value is -0.830. The molecule has 3 unspecified atom stereocenters. The van der Waals surface area contributed by atoms with Gasteiger partial charge in [0.1, 0.15) is 0 Å². The summed E-state index contributed by atoms with van der Waals surface area (Å²) in [7, 11) is 0. The third-order valence-electron chi connectivity index (χ3n) is 3.71. The molecule has 96 valence electrons. The summed E-state index contributed by atoms with van der Waals surface area (Å²) in [4.78, 5) is 4.16. The third kappa shape index (κ3) is 3.32. The molecule has 1 saturated carbocycles. The van der Waals surface area contributed by atoms with Crippen LogP contribution in [0.2, 0.25) is 0 Å². The van der Waals surface area contributed by atoms with E-state index < -0.39 is 0 Å². The first-order chi connectivity index (χ1) is 8.16. The summed E-state index contributed by atoms with van der Waals surface area (Å²) in [5, 5.41) is 3.80. The molecule has 1 aromatic rings. The predicted molar refractivity (Wildman–Crippen MR) is 71.0 cm³/mol.